The summed E-state index contributed by atoms with van der Waals surface area (Å²) in [5, 5.41) is 7.47. The molecule has 30 heavy (non-hydrogen) atoms. The van der Waals surface area contributed by atoms with Crippen LogP contribution in [0.15, 0.2) is 42.5 Å². The first-order chi connectivity index (χ1) is 14.6. The summed E-state index contributed by atoms with van der Waals surface area (Å²) in [5.41, 5.74) is 3.98. The number of fused-ring (bicyclic) bond motifs is 1. The smallest absolute Gasteiger partial charge is 0.273 e. The monoisotopic (exact) mass is 407 g/mol. The second-order valence-corrected chi connectivity index (χ2v) is 7.11. The number of H-pyrrole nitrogens is 1. The van der Waals surface area contributed by atoms with Gasteiger partial charge in [-0.3, -0.25) is 9.89 Å². The Hall–Kier alpha value is -3.48. The zero-order valence-corrected chi connectivity index (χ0v) is 17.6. The second-order valence-electron chi connectivity index (χ2n) is 7.11. The third-order valence-corrected chi connectivity index (χ3v) is 5.39. The number of hydrogen-bond donors (Lipinski definition) is 1. The maximum atomic E-state index is 13.2. The fourth-order valence-electron chi connectivity index (χ4n) is 4.03. The Morgan fingerprint density at radius 2 is 1.83 bits per heavy atom. The summed E-state index contributed by atoms with van der Waals surface area (Å²) in [6.45, 7) is 2.70. The van der Waals surface area contributed by atoms with E-state index in [9.17, 15) is 4.79 Å². The average molecular weight is 407 g/mol. The van der Waals surface area contributed by atoms with Gasteiger partial charge in [0.2, 0.25) is 0 Å². The van der Waals surface area contributed by atoms with Gasteiger partial charge in [-0.1, -0.05) is 25.1 Å². The highest BCUT2D eigenvalue weighted by molar-refractivity contribution is 6.00. The number of nitrogens with one attached hydrogen (secondary N) is 1. The molecule has 3 aromatic rings. The maximum Gasteiger partial charge on any atom is 0.273 e. The van der Waals surface area contributed by atoms with Crippen molar-refractivity contribution in [2.75, 3.05) is 27.9 Å². The van der Waals surface area contributed by atoms with E-state index in [1.54, 1.807) is 21.3 Å². The van der Waals surface area contributed by atoms with Crippen molar-refractivity contribution in [3.63, 3.8) is 0 Å². The summed E-state index contributed by atoms with van der Waals surface area (Å²) >= 11 is 0. The van der Waals surface area contributed by atoms with Crippen molar-refractivity contribution in [1.29, 1.82) is 0 Å². The first kappa shape index (κ1) is 19.8. The first-order valence-corrected chi connectivity index (χ1v) is 9.88. The Morgan fingerprint density at radius 3 is 2.53 bits per heavy atom. The molecule has 2 heterocycles. The van der Waals surface area contributed by atoms with Gasteiger partial charge in [-0.2, -0.15) is 5.10 Å². The van der Waals surface area contributed by atoms with E-state index in [1.807, 2.05) is 47.4 Å². The Bertz CT molecular complexity index is 1080. The molecule has 7 heteroatoms. The molecule has 1 aromatic heterocycles. The summed E-state index contributed by atoms with van der Waals surface area (Å²) in [5.74, 6) is 1.96. The number of aromatic amines is 1. The summed E-state index contributed by atoms with van der Waals surface area (Å²) in [6.07, 6.45) is 0.849. The molecular weight excluding hydrogens is 382 g/mol. The van der Waals surface area contributed by atoms with E-state index in [1.165, 1.54) is 0 Å². The van der Waals surface area contributed by atoms with Crippen LogP contribution in [0.3, 0.4) is 0 Å². The molecule has 4 rings (SSSR count). The Balaban J connectivity index is 1.88. The number of benzene rings is 2. The lowest BCUT2D eigenvalue weighted by Crippen LogP contribution is -2.30. The lowest BCUT2D eigenvalue weighted by Gasteiger charge is -2.26. The van der Waals surface area contributed by atoms with Crippen molar-refractivity contribution < 1.29 is 19.0 Å². The van der Waals surface area contributed by atoms with E-state index in [0.717, 1.165) is 34.6 Å². The minimum atomic E-state index is -0.271. The van der Waals surface area contributed by atoms with Gasteiger partial charge in [0, 0.05) is 17.7 Å². The average Bonchev–Trinajstić information content (AvgIpc) is 3.33. The van der Waals surface area contributed by atoms with Gasteiger partial charge in [-0.05, 0) is 36.2 Å². The van der Waals surface area contributed by atoms with E-state index >= 15 is 0 Å². The van der Waals surface area contributed by atoms with Crippen LogP contribution in [0.25, 0.3) is 11.3 Å². The standard InChI is InChI=1S/C23H25N3O4/c1-5-11-26-22(15-9-10-17(29-3)18(13-15)30-4)19-20(24-25-21(19)23(26)27)14-7-6-8-16(12-14)28-2/h6-10,12-13,22H,5,11H2,1-4H3,(H,24,25)/t22-/m1/s1. The Kier molecular flexibility index (Phi) is 5.35. The topological polar surface area (TPSA) is 76.7 Å². The van der Waals surface area contributed by atoms with Gasteiger partial charge in [-0.15, -0.1) is 0 Å². The molecule has 1 amide bonds. The number of amides is 1. The molecule has 2 aromatic carbocycles. The minimum absolute atomic E-state index is 0.0479. The molecule has 0 bridgehead atoms. The Labute approximate surface area is 175 Å². The van der Waals surface area contributed by atoms with Crippen molar-refractivity contribution in [2.24, 2.45) is 0 Å². The number of ether oxygens (including phenoxy) is 3. The minimum Gasteiger partial charge on any atom is -0.497 e. The second kappa shape index (κ2) is 8.10. The molecule has 0 spiro atoms. The molecule has 0 saturated carbocycles. The highest BCUT2D eigenvalue weighted by Gasteiger charge is 2.42. The van der Waals surface area contributed by atoms with Crippen LogP contribution >= 0.6 is 0 Å². The lowest BCUT2D eigenvalue weighted by atomic mass is 9.95. The molecular formula is C23H25N3O4. The molecule has 1 aliphatic rings. The molecule has 0 fully saturated rings. The summed E-state index contributed by atoms with van der Waals surface area (Å²) in [6, 6.07) is 13.2. The Morgan fingerprint density at radius 1 is 1.03 bits per heavy atom. The van der Waals surface area contributed by atoms with Gasteiger partial charge in [0.05, 0.1) is 33.1 Å². The quantitative estimate of drug-likeness (QED) is 0.639. The lowest BCUT2D eigenvalue weighted by molar-refractivity contribution is 0.0743. The van der Waals surface area contributed by atoms with Crippen LogP contribution in [0.5, 0.6) is 17.2 Å². The molecule has 0 saturated heterocycles. The fraction of sp³-hybridized carbons (Fsp3) is 0.304. The fourth-order valence-corrected chi connectivity index (χ4v) is 4.03. The largest absolute Gasteiger partial charge is 0.497 e. The number of methoxy groups -OCH3 is 3. The zero-order valence-electron chi connectivity index (χ0n) is 17.6. The first-order valence-electron chi connectivity index (χ1n) is 9.88. The molecule has 1 atom stereocenters. The summed E-state index contributed by atoms with van der Waals surface area (Å²) in [4.78, 5) is 15.1. The highest BCUT2D eigenvalue weighted by Crippen LogP contribution is 2.44. The van der Waals surface area contributed by atoms with Crippen LogP contribution in [0, 0.1) is 0 Å². The van der Waals surface area contributed by atoms with Crippen LogP contribution in [0.4, 0.5) is 0 Å². The molecule has 156 valence electrons. The molecule has 0 radical (unpaired) electrons. The molecule has 0 aliphatic carbocycles. The van der Waals surface area contributed by atoms with Crippen LogP contribution in [-0.4, -0.2) is 48.9 Å². The molecule has 1 aliphatic heterocycles. The summed E-state index contributed by atoms with van der Waals surface area (Å²) in [7, 11) is 4.85. The van der Waals surface area contributed by atoms with E-state index in [0.29, 0.717) is 23.7 Å². The maximum absolute atomic E-state index is 13.2. The van der Waals surface area contributed by atoms with E-state index < -0.39 is 0 Å². The van der Waals surface area contributed by atoms with Crippen LogP contribution in [0.1, 0.15) is 41.0 Å². The van der Waals surface area contributed by atoms with Crippen molar-refractivity contribution >= 4 is 5.91 Å². The van der Waals surface area contributed by atoms with Crippen molar-refractivity contribution in [1.82, 2.24) is 15.1 Å². The highest BCUT2D eigenvalue weighted by atomic mass is 16.5. The van der Waals surface area contributed by atoms with Gasteiger partial charge in [0.1, 0.15) is 11.4 Å². The summed E-state index contributed by atoms with van der Waals surface area (Å²) < 4.78 is 16.3. The van der Waals surface area contributed by atoms with E-state index in [-0.39, 0.29) is 11.9 Å². The van der Waals surface area contributed by atoms with Crippen LogP contribution in [-0.2, 0) is 0 Å². The number of nitrogens with zero attached hydrogens (tertiary/aromatic N) is 2. The number of carbonyl (C=O) groups excluding carboxylic acids is 1. The predicted octanol–water partition coefficient (Wildman–Crippen LogP) is 4.06. The van der Waals surface area contributed by atoms with Crippen molar-refractivity contribution in [2.45, 2.75) is 19.4 Å². The molecule has 7 nitrogen and oxygen atoms in total. The van der Waals surface area contributed by atoms with Gasteiger partial charge >= 0.3 is 0 Å². The van der Waals surface area contributed by atoms with Gasteiger partial charge in [0.25, 0.3) is 5.91 Å². The third kappa shape index (κ3) is 3.16. The van der Waals surface area contributed by atoms with Gasteiger partial charge in [-0.25, -0.2) is 0 Å². The number of rotatable bonds is 7. The number of carbonyl (C=O) groups is 1. The van der Waals surface area contributed by atoms with Crippen molar-refractivity contribution in [3.05, 3.63) is 59.3 Å². The van der Waals surface area contributed by atoms with Gasteiger partial charge in [0.15, 0.2) is 11.5 Å². The van der Waals surface area contributed by atoms with E-state index in [2.05, 4.69) is 17.1 Å². The van der Waals surface area contributed by atoms with Gasteiger partial charge < -0.3 is 19.1 Å². The SMILES string of the molecule is CCCN1C(=O)c2[nH]nc(-c3cccc(OC)c3)c2[C@H]1c1ccc(OC)c(OC)c1. The normalized spacial score (nSPS) is 15.3. The molecule has 1 N–H and O–H groups in total. The number of aromatic nitrogens is 2. The number of hydrogen-bond acceptors (Lipinski definition) is 5. The molecule has 0 unspecified atom stereocenters. The van der Waals surface area contributed by atoms with Crippen LogP contribution < -0.4 is 14.2 Å². The van der Waals surface area contributed by atoms with Crippen molar-refractivity contribution in [3.8, 4) is 28.5 Å². The van der Waals surface area contributed by atoms with E-state index in [4.69, 9.17) is 14.2 Å². The zero-order chi connectivity index (χ0) is 21.3. The van der Waals surface area contributed by atoms with Crippen LogP contribution in [0.2, 0.25) is 0 Å². The third-order valence-electron chi connectivity index (χ3n) is 5.39. The predicted molar refractivity (Wildman–Crippen MR) is 113 cm³/mol.